The summed E-state index contributed by atoms with van der Waals surface area (Å²) in [4.78, 5) is 0. The van der Waals surface area contributed by atoms with Crippen LogP contribution in [0.2, 0.25) is 0 Å². The van der Waals surface area contributed by atoms with E-state index < -0.39 is 17.5 Å². The Balaban J connectivity index is 2.43. The van der Waals surface area contributed by atoms with Crippen LogP contribution in [0.1, 0.15) is 69.9 Å². The van der Waals surface area contributed by atoms with E-state index in [0.717, 1.165) is 25.3 Å². The molecule has 4 heteroatoms. The van der Waals surface area contributed by atoms with Gasteiger partial charge in [-0.1, -0.05) is 51.9 Å². The molecule has 1 atom stereocenters. The van der Waals surface area contributed by atoms with Crippen molar-refractivity contribution in [3.63, 3.8) is 0 Å². The molecule has 0 radical (unpaired) electrons. The van der Waals surface area contributed by atoms with Gasteiger partial charge in [-0.2, -0.15) is 0 Å². The first-order chi connectivity index (χ1) is 10.1. The first-order valence-corrected chi connectivity index (χ1v) is 7.91. The Morgan fingerprint density at radius 1 is 0.857 bits per heavy atom. The molecular weight excluding hydrogens is 275 g/mol. The van der Waals surface area contributed by atoms with Crippen molar-refractivity contribution in [3.8, 4) is 0 Å². The lowest BCUT2D eigenvalue weighted by molar-refractivity contribution is 0.453. The minimum Gasteiger partial charge on any atom is -0.313 e. The Kier molecular flexibility index (Phi) is 8.43. The van der Waals surface area contributed by atoms with E-state index in [2.05, 4.69) is 12.2 Å². The molecule has 1 N–H and O–H groups in total. The Morgan fingerprint density at radius 2 is 1.43 bits per heavy atom. The van der Waals surface area contributed by atoms with E-state index in [4.69, 9.17) is 0 Å². The normalized spacial score (nSPS) is 12.6. The second-order valence-corrected chi connectivity index (χ2v) is 5.54. The van der Waals surface area contributed by atoms with Crippen molar-refractivity contribution in [1.29, 1.82) is 0 Å². The summed E-state index contributed by atoms with van der Waals surface area (Å²) in [6.07, 6.45) is 8.96. The molecule has 1 rings (SSSR count). The molecule has 1 aromatic carbocycles. The second-order valence-electron chi connectivity index (χ2n) is 5.54. The lowest BCUT2D eigenvalue weighted by Gasteiger charge is -2.17. The van der Waals surface area contributed by atoms with E-state index in [-0.39, 0.29) is 11.6 Å². The predicted molar refractivity (Wildman–Crippen MR) is 80.7 cm³/mol. The highest BCUT2D eigenvalue weighted by Gasteiger charge is 2.17. The number of nitrogens with one attached hydrogen (secondary N) is 1. The third-order valence-corrected chi connectivity index (χ3v) is 3.86. The van der Waals surface area contributed by atoms with Gasteiger partial charge in [0.1, 0.15) is 5.82 Å². The standard InChI is InChI=1S/C17H26F3N/c1-3-4-5-6-7-8-9-10-17(21-2)13-11-15(19)16(20)12-14(13)18/h11-12,17,21H,3-10H2,1-2H3. The Hall–Kier alpha value is -1.03. The lowest BCUT2D eigenvalue weighted by Crippen LogP contribution is -2.18. The molecule has 1 nitrogen and oxygen atoms in total. The molecule has 0 aliphatic carbocycles. The van der Waals surface area contributed by atoms with Crippen LogP contribution in [0, 0.1) is 17.5 Å². The van der Waals surface area contributed by atoms with Gasteiger partial charge in [0, 0.05) is 17.7 Å². The summed E-state index contributed by atoms with van der Waals surface area (Å²) in [5.74, 6) is -2.82. The minimum absolute atomic E-state index is 0.211. The smallest absolute Gasteiger partial charge is 0.161 e. The molecule has 1 aromatic rings. The zero-order valence-electron chi connectivity index (χ0n) is 13.0. The molecule has 0 bridgehead atoms. The number of rotatable bonds is 10. The number of benzene rings is 1. The van der Waals surface area contributed by atoms with Gasteiger partial charge in [-0.15, -0.1) is 0 Å². The Bertz CT molecular complexity index is 421. The van der Waals surface area contributed by atoms with Crippen LogP contribution in [0.5, 0.6) is 0 Å². The van der Waals surface area contributed by atoms with Crippen molar-refractivity contribution in [3.05, 3.63) is 35.1 Å². The van der Waals surface area contributed by atoms with Crippen LogP contribution in [0.15, 0.2) is 12.1 Å². The minimum atomic E-state index is -1.14. The van der Waals surface area contributed by atoms with Gasteiger partial charge >= 0.3 is 0 Å². The largest absolute Gasteiger partial charge is 0.313 e. The highest BCUT2D eigenvalue weighted by Crippen LogP contribution is 2.25. The second kappa shape index (κ2) is 9.82. The van der Waals surface area contributed by atoms with E-state index in [0.29, 0.717) is 6.07 Å². The summed E-state index contributed by atoms with van der Waals surface area (Å²) < 4.78 is 39.9. The molecule has 0 heterocycles. The molecular formula is C17H26F3N. The van der Waals surface area contributed by atoms with Gasteiger partial charge in [0.25, 0.3) is 0 Å². The topological polar surface area (TPSA) is 12.0 Å². The third kappa shape index (κ3) is 6.08. The molecule has 1 unspecified atom stereocenters. The van der Waals surface area contributed by atoms with Crippen LogP contribution >= 0.6 is 0 Å². The molecule has 0 saturated carbocycles. The molecule has 120 valence electrons. The van der Waals surface area contributed by atoms with E-state index >= 15 is 0 Å². The number of halogens is 3. The highest BCUT2D eigenvalue weighted by molar-refractivity contribution is 5.23. The quantitative estimate of drug-likeness (QED) is 0.444. The Labute approximate surface area is 125 Å². The molecule has 21 heavy (non-hydrogen) atoms. The van der Waals surface area contributed by atoms with E-state index in [1.165, 1.54) is 32.1 Å². The summed E-state index contributed by atoms with van der Waals surface area (Å²) in [6, 6.07) is 1.32. The van der Waals surface area contributed by atoms with E-state index in [1.54, 1.807) is 7.05 Å². The summed E-state index contributed by atoms with van der Waals surface area (Å²) in [5.41, 5.74) is 0.211. The third-order valence-electron chi connectivity index (χ3n) is 3.86. The van der Waals surface area contributed by atoms with Crippen molar-refractivity contribution in [2.45, 2.75) is 64.3 Å². The lowest BCUT2D eigenvalue weighted by atomic mass is 9.99. The van der Waals surface area contributed by atoms with Crippen molar-refractivity contribution < 1.29 is 13.2 Å². The predicted octanol–water partition coefficient (Wildman–Crippen LogP) is 5.51. The van der Waals surface area contributed by atoms with Crippen LogP contribution in [-0.2, 0) is 0 Å². The number of hydrogen-bond donors (Lipinski definition) is 1. The molecule has 0 saturated heterocycles. The van der Waals surface area contributed by atoms with Gasteiger partial charge < -0.3 is 5.32 Å². The number of hydrogen-bond acceptors (Lipinski definition) is 1. The fourth-order valence-electron chi connectivity index (χ4n) is 2.57. The first-order valence-electron chi connectivity index (χ1n) is 7.91. The maximum atomic E-state index is 13.7. The number of unbranched alkanes of at least 4 members (excludes halogenated alkanes) is 6. The average Bonchev–Trinajstić information content (AvgIpc) is 2.46. The van der Waals surface area contributed by atoms with Gasteiger partial charge in [-0.3, -0.25) is 0 Å². The molecule has 0 spiro atoms. The summed E-state index contributed by atoms with van der Waals surface area (Å²) in [6.45, 7) is 2.19. The fraction of sp³-hybridized carbons (Fsp3) is 0.647. The maximum absolute atomic E-state index is 13.7. The molecule has 0 aliphatic heterocycles. The van der Waals surface area contributed by atoms with E-state index in [9.17, 15) is 13.2 Å². The molecule has 0 aromatic heterocycles. The molecule has 0 fully saturated rings. The maximum Gasteiger partial charge on any atom is 0.161 e. The van der Waals surface area contributed by atoms with Gasteiger partial charge in [0.15, 0.2) is 11.6 Å². The van der Waals surface area contributed by atoms with Crippen LogP contribution in [-0.4, -0.2) is 7.05 Å². The monoisotopic (exact) mass is 301 g/mol. The van der Waals surface area contributed by atoms with Gasteiger partial charge in [0.05, 0.1) is 0 Å². The first kappa shape index (κ1) is 18.0. The van der Waals surface area contributed by atoms with Crippen molar-refractivity contribution in [1.82, 2.24) is 5.32 Å². The van der Waals surface area contributed by atoms with E-state index in [1.807, 2.05) is 0 Å². The van der Waals surface area contributed by atoms with Gasteiger partial charge in [0.2, 0.25) is 0 Å². The summed E-state index contributed by atoms with van der Waals surface area (Å²) in [7, 11) is 1.71. The zero-order chi connectivity index (χ0) is 15.7. The fourth-order valence-corrected chi connectivity index (χ4v) is 2.57. The molecule has 0 amide bonds. The summed E-state index contributed by atoms with van der Waals surface area (Å²) in [5, 5.41) is 2.99. The van der Waals surface area contributed by atoms with Crippen molar-refractivity contribution >= 4 is 0 Å². The molecule has 0 aliphatic rings. The van der Waals surface area contributed by atoms with Crippen molar-refractivity contribution in [2.24, 2.45) is 0 Å². The highest BCUT2D eigenvalue weighted by atomic mass is 19.2. The van der Waals surface area contributed by atoms with Gasteiger partial charge in [-0.25, -0.2) is 13.2 Å². The average molecular weight is 301 g/mol. The van der Waals surface area contributed by atoms with Crippen LogP contribution < -0.4 is 5.32 Å². The van der Waals surface area contributed by atoms with Crippen molar-refractivity contribution in [2.75, 3.05) is 7.05 Å². The zero-order valence-corrected chi connectivity index (χ0v) is 13.0. The van der Waals surface area contributed by atoms with Crippen LogP contribution in [0.25, 0.3) is 0 Å². The SMILES string of the molecule is CCCCCCCCCC(NC)c1cc(F)c(F)cc1F. The van der Waals surface area contributed by atoms with Crippen LogP contribution in [0.4, 0.5) is 13.2 Å². The Morgan fingerprint density at radius 3 is 2.05 bits per heavy atom. The summed E-state index contributed by atoms with van der Waals surface area (Å²) >= 11 is 0. The van der Waals surface area contributed by atoms with Gasteiger partial charge in [-0.05, 0) is 19.5 Å². The van der Waals surface area contributed by atoms with Crippen LogP contribution in [0.3, 0.4) is 0 Å².